The molecule has 1 amide bonds. The highest BCUT2D eigenvalue weighted by Crippen LogP contribution is 2.33. The van der Waals surface area contributed by atoms with Gasteiger partial charge in [-0.1, -0.05) is 12.1 Å². The molecule has 0 saturated heterocycles. The van der Waals surface area contributed by atoms with Gasteiger partial charge in [-0.25, -0.2) is 8.42 Å². The fraction of sp³-hybridized carbons (Fsp3) is 0.312. The van der Waals surface area contributed by atoms with Gasteiger partial charge in [-0.2, -0.15) is 0 Å². The van der Waals surface area contributed by atoms with E-state index in [1.807, 2.05) is 0 Å². The molecule has 0 spiro atoms. The number of anilines is 1. The van der Waals surface area contributed by atoms with Crippen LogP contribution in [0.2, 0.25) is 0 Å². The van der Waals surface area contributed by atoms with Gasteiger partial charge in [0, 0.05) is 24.9 Å². The van der Waals surface area contributed by atoms with E-state index >= 15 is 0 Å². The van der Waals surface area contributed by atoms with Gasteiger partial charge in [-0.15, -0.1) is 11.3 Å². The first-order chi connectivity index (χ1) is 11.4. The minimum absolute atomic E-state index is 0.00315. The SMILES string of the molecule is COc1ccccc1NS(=O)(=O)c1cc2c(s1)CCN(C(C)=O)C2. The number of benzene rings is 1. The predicted octanol–water partition coefficient (Wildman–Crippen LogP) is 2.46. The molecular formula is C16H18N2O4S2. The van der Waals surface area contributed by atoms with Gasteiger partial charge >= 0.3 is 0 Å². The van der Waals surface area contributed by atoms with Gasteiger partial charge in [-0.3, -0.25) is 9.52 Å². The number of methoxy groups -OCH3 is 1. The highest BCUT2D eigenvalue weighted by molar-refractivity contribution is 7.94. The summed E-state index contributed by atoms with van der Waals surface area (Å²) in [5.41, 5.74) is 1.30. The number of fused-ring (bicyclic) bond motifs is 1. The minimum atomic E-state index is -3.69. The van der Waals surface area contributed by atoms with Gasteiger partial charge in [-0.05, 0) is 30.2 Å². The number of amides is 1. The van der Waals surface area contributed by atoms with Crippen molar-refractivity contribution in [1.82, 2.24) is 4.90 Å². The molecule has 1 aliphatic heterocycles. The number of nitrogens with one attached hydrogen (secondary N) is 1. The summed E-state index contributed by atoms with van der Waals surface area (Å²) >= 11 is 1.26. The molecule has 0 bridgehead atoms. The molecule has 0 aliphatic carbocycles. The second kappa shape index (κ2) is 6.45. The molecule has 3 rings (SSSR count). The largest absolute Gasteiger partial charge is 0.495 e. The Kier molecular flexibility index (Phi) is 4.51. The molecule has 8 heteroatoms. The van der Waals surface area contributed by atoms with E-state index in [1.54, 1.807) is 35.2 Å². The summed E-state index contributed by atoms with van der Waals surface area (Å²) in [7, 11) is -2.20. The smallest absolute Gasteiger partial charge is 0.271 e. The van der Waals surface area contributed by atoms with Gasteiger partial charge < -0.3 is 9.64 Å². The number of carbonyl (C=O) groups is 1. The Morgan fingerprint density at radius 2 is 2.08 bits per heavy atom. The molecule has 6 nitrogen and oxygen atoms in total. The van der Waals surface area contributed by atoms with E-state index in [-0.39, 0.29) is 10.1 Å². The Bertz CT molecular complexity index is 874. The number of thiophene rings is 1. The van der Waals surface area contributed by atoms with Crippen LogP contribution >= 0.6 is 11.3 Å². The fourth-order valence-electron chi connectivity index (χ4n) is 2.63. The van der Waals surface area contributed by atoms with E-state index in [0.717, 1.165) is 10.4 Å². The number of rotatable bonds is 4. The first-order valence-corrected chi connectivity index (χ1v) is 9.73. The molecule has 0 unspecified atom stereocenters. The lowest BCUT2D eigenvalue weighted by molar-refractivity contribution is -0.129. The van der Waals surface area contributed by atoms with Crippen LogP contribution in [-0.2, 0) is 27.8 Å². The zero-order valence-corrected chi connectivity index (χ0v) is 15.0. The number of para-hydroxylation sites is 2. The topological polar surface area (TPSA) is 75.7 Å². The summed E-state index contributed by atoms with van der Waals surface area (Å²) in [6.07, 6.45) is 0.684. The molecule has 1 aliphatic rings. The number of hydrogen-bond donors (Lipinski definition) is 1. The molecule has 128 valence electrons. The molecule has 0 saturated carbocycles. The zero-order valence-electron chi connectivity index (χ0n) is 13.4. The van der Waals surface area contributed by atoms with Gasteiger partial charge in [0.15, 0.2) is 0 Å². The van der Waals surface area contributed by atoms with Crippen molar-refractivity contribution in [3.8, 4) is 5.75 Å². The molecule has 0 fully saturated rings. The molecule has 1 N–H and O–H groups in total. The van der Waals surface area contributed by atoms with Crippen LogP contribution in [0, 0.1) is 0 Å². The van der Waals surface area contributed by atoms with Gasteiger partial charge in [0.25, 0.3) is 10.0 Å². The number of sulfonamides is 1. The number of hydrogen-bond acceptors (Lipinski definition) is 5. The lowest BCUT2D eigenvalue weighted by Crippen LogP contribution is -2.33. The van der Waals surface area contributed by atoms with E-state index in [9.17, 15) is 13.2 Å². The first-order valence-electron chi connectivity index (χ1n) is 7.43. The van der Waals surface area contributed by atoms with Gasteiger partial charge in [0.1, 0.15) is 9.96 Å². The second-order valence-electron chi connectivity index (χ2n) is 5.51. The van der Waals surface area contributed by atoms with Crippen molar-refractivity contribution in [3.05, 3.63) is 40.8 Å². The van der Waals surface area contributed by atoms with Crippen molar-refractivity contribution < 1.29 is 17.9 Å². The quantitative estimate of drug-likeness (QED) is 0.902. The van der Waals surface area contributed by atoms with Crippen molar-refractivity contribution in [3.63, 3.8) is 0 Å². The van der Waals surface area contributed by atoms with E-state index in [0.29, 0.717) is 30.9 Å². The van der Waals surface area contributed by atoms with Gasteiger partial charge in [0.2, 0.25) is 5.91 Å². The van der Waals surface area contributed by atoms with Crippen LogP contribution < -0.4 is 9.46 Å². The monoisotopic (exact) mass is 366 g/mol. The van der Waals surface area contributed by atoms with Crippen LogP contribution in [0.1, 0.15) is 17.4 Å². The maximum atomic E-state index is 12.7. The Balaban J connectivity index is 1.88. The summed E-state index contributed by atoms with van der Waals surface area (Å²) in [5, 5.41) is 0. The third-order valence-corrected chi connectivity index (χ3v) is 6.98. The lowest BCUT2D eigenvalue weighted by atomic mass is 10.1. The summed E-state index contributed by atoms with van der Waals surface area (Å²) in [5.74, 6) is 0.466. The minimum Gasteiger partial charge on any atom is -0.495 e. The van der Waals surface area contributed by atoms with E-state index in [4.69, 9.17) is 4.74 Å². The third-order valence-electron chi connectivity index (χ3n) is 3.91. The van der Waals surface area contributed by atoms with Crippen LogP contribution in [-0.4, -0.2) is 32.9 Å². The Labute approximate surface area is 145 Å². The van der Waals surface area contributed by atoms with E-state index in [1.165, 1.54) is 25.4 Å². The fourth-order valence-corrected chi connectivity index (χ4v) is 5.24. The van der Waals surface area contributed by atoms with E-state index in [2.05, 4.69) is 4.72 Å². The highest BCUT2D eigenvalue weighted by Gasteiger charge is 2.25. The molecule has 0 radical (unpaired) electrons. The first kappa shape index (κ1) is 16.8. The molecule has 0 atom stereocenters. The summed E-state index contributed by atoms with van der Waals surface area (Å²) in [6, 6.07) is 8.53. The molecular weight excluding hydrogens is 348 g/mol. The molecule has 1 aromatic heterocycles. The summed E-state index contributed by atoms with van der Waals surface area (Å²) < 4.78 is 33.3. The second-order valence-corrected chi connectivity index (χ2v) is 8.56. The average molecular weight is 366 g/mol. The number of carbonyl (C=O) groups excluding carboxylic acids is 1. The predicted molar refractivity (Wildman–Crippen MR) is 92.9 cm³/mol. The summed E-state index contributed by atoms with van der Waals surface area (Å²) in [4.78, 5) is 14.3. The maximum Gasteiger partial charge on any atom is 0.271 e. The van der Waals surface area contributed by atoms with Crippen LogP contribution in [0.25, 0.3) is 0 Å². The summed E-state index contributed by atoms with van der Waals surface area (Å²) in [6.45, 7) is 2.62. The van der Waals surface area contributed by atoms with E-state index < -0.39 is 10.0 Å². The molecule has 24 heavy (non-hydrogen) atoms. The standard InChI is InChI=1S/C16H18N2O4S2/c1-11(19)18-8-7-15-12(10-18)9-16(23-15)24(20,21)17-13-5-3-4-6-14(13)22-2/h3-6,9,17H,7-8,10H2,1-2H3. The molecule has 2 aromatic rings. The Morgan fingerprint density at radius 1 is 1.33 bits per heavy atom. The Hall–Kier alpha value is -2.06. The third kappa shape index (κ3) is 3.25. The Morgan fingerprint density at radius 3 is 2.79 bits per heavy atom. The highest BCUT2D eigenvalue weighted by atomic mass is 32.2. The van der Waals surface area contributed by atoms with Crippen LogP contribution in [0.5, 0.6) is 5.75 Å². The van der Waals surface area contributed by atoms with Crippen LogP contribution in [0.3, 0.4) is 0 Å². The molecule has 1 aromatic carbocycles. The zero-order chi connectivity index (χ0) is 17.3. The maximum absolute atomic E-state index is 12.7. The normalized spacial score (nSPS) is 14.2. The number of ether oxygens (including phenoxy) is 1. The van der Waals surface area contributed by atoms with Crippen LogP contribution in [0.15, 0.2) is 34.5 Å². The van der Waals surface area contributed by atoms with Crippen molar-refractivity contribution in [1.29, 1.82) is 0 Å². The average Bonchev–Trinajstić information content (AvgIpc) is 2.99. The van der Waals surface area contributed by atoms with Crippen molar-refractivity contribution >= 4 is 33.0 Å². The van der Waals surface area contributed by atoms with Crippen molar-refractivity contribution in [2.45, 2.75) is 24.1 Å². The number of nitrogens with zero attached hydrogens (tertiary/aromatic N) is 1. The van der Waals surface area contributed by atoms with Crippen molar-refractivity contribution in [2.24, 2.45) is 0 Å². The van der Waals surface area contributed by atoms with Gasteiger partial charge in [0.05, 0.1) is 12.8 Å². The van der Waals surface area contributed by atoms with Crippen LogP contribution in [0.4, 0.5) is 5.69 Å². The van der Waals surface area contributed by atoms with Crippen molar-refractivity contribution in [2.75, 3.05) is 18.4 Å². The molecule has 2 heterocycles. The lowest BCUT2D eigenvalue weighted by Gasteiger charge is -2.25.